The highest BCUT2D eigenvalue weighted by molar-refractivity contribution is 8.26. The number of aromatic nitrogens is 2. The van der Waals surface area contributed by atoms with Gasteiger partial charge in [0.15, 0.2) is 0 Å². The maximum atomic E-state index is 13.3. The number of hydrogen-bond acceptors (Lipinski definition) is 6. The highest BCUT2D eigenvalue weighted by Gasteiger charge is 2.33. The number of rotatable bonds is 5. The smallest absolute Gasteiger partial charge is 0.269 e. The average Bonchev–Trinajstić information content (AvgIpc) is 2.99. The Bertz CT molecular complexity index is 1260. The fourth-order valence-corrected chi connectivity index (χ4v) is 4.41. The normalized spacial score (nSPS) is 15.5. The molecule has 0 aliphatic carbocycles. The van der Waals surface area contributed by atoms with Crippen molar-refractivity contribution in [2.45, 2.75) is 20.8 Å². The maximum absolute atomic E-state index is 13.3. The first kappa shape index (κ1) is 21.3. The first-order valence-corrected chi connectivity index (χ1v) is 11.1. The fraction of sp³-hybridized carbons (Fsp3) is 0.217. The molecule has 1 fully saturated rings. The summed E-state index contributed by atoms with van der Waals surface area (Å²) in [6.45, 7) is 6.56. The molecule has 1 aromatic carbocycles. The zero-order chi connectivity index (χ0) is 22.1. The lowest BCUT2D eigenvalue weighted by Gasteiger charge is -2.16. The van der Waals surface area contributed by atoms with E-state index in [4.69, 9.17) is 17.0 Å². The van der Waals surface area contributed by atoms with E-state index in [2.05, 4.69) is 4.98 Å². The van der Waals surface area contributed by atoms with Gasteiger partial charge in [-0.1, -0.05) is 61.6 Å². The SMILES string of the molecule is Cc1ccc(Oc2nc3ccccn3c(=O)c2/C=C2\SC(=S)N(CC(C)C)C2=O)cc1. The molecular formula is C23H21N3O3S2. The monoisotopic (exact) mass is 451 g/mol. The molecule has 0 N–H and O–H groups in total. The van der Waals surface area contributed by atoms with Crippen LogP contribution in [0, 0.1) is 12.8 Å². The molecule has 0 saturated carbocycles. The third kappa shape index (κ3) is 4.40. The van der Waals surface area contributed by atoms with Crippen LogP contribution in [0.4, 0.5) is 0 Å². The molecule has 6 nitrogen and oxygen atoms in total. The van der Waals surface area contributed by atoms with Gasteiger partial charge in [-0.2, -0.15) is 4.98 Å². The van der Waals surface area contributed by atoms with Crippen LogP contribution in [0.15, 0.2) is 58.4 Å². The van der Waals surface area contributed by atoms with Crippen molar-refractivity contribution >= 4 is 45.9 Å². The molecule has 2 aromatic heterocycles. The number of carbonyl (C=O) groups is 1. The number of amides is 1. The summed E-state index contributed by atoms with van der Waals surface area (Å²) in [6, 6.07) is 12.7. The van der Waals surface area contributed by atoms with Crippen LogP contribution in [0.2, 0.25) is 0 Å². The van der Waals surface area contributed by atoms with E-state index < -0.39 is 0 Å². The number of aryl methyl sites for hydroxylation is 1. The van der Waals surface area contributed by atoms with Gasteiger partial charge >= 0.3 is 0 Å². The van der Waals surface area contributed by atoms with Gasteiger partial charge in [0.25, 0.3) is 11.5 Å². The summed E-state index contributed by atoms with van der Waals surface area (Å²) in [5.74, 6) is 0.770. The number of benzene rings is 1. The number of ether oxygens (including phenoxy) is 1. The van der Waals surface area contributed by atoms with Crippen LogP contribution in [0.1, 0.15) is 25.0 Å². The van der Waals surface area contributed by atoms with E-state index in [1.165, 1.54) is 22.2 Å². The van der Waals surface area contributed by atoms with Gasteiger partial charge in [-0.25, -0.2) is 0 Å². The van der Waals surface area contributed by atoms with Crippen molar-refractivity contribution in [2.75, 3.05) is 6.54 Å². The zero-order valence-electron chi connectivity index (χ0n) is 17.4. The number of thiocarbonyl (C=S) groups is 1. The molecule has 8 heteroatoms. The molecule has 0 spiro atoms. The molecule has 0 atom stereocenters. The summed E-state index contributed by atoms with van der Waals surface area (Å²) in [7, 11) is 0. The van der Waals surface area contributed by atoms with Crippen LogP contribution in [-0.4, -0.2) is 31.1 Å². The molecule has 0 bridgehead atoms. The summed E-state index contributed by atoms with van der Waals surface area (Å²) in [6.07, 6.45) is 3.18. The first-order valence-electron chi connectivity index (χ1n) is 9.85. The molecule has 1 aliphatic rings. The van der Waals surface area contributed by atoms with Crippen LogP contribution >= 0.6 is 24.0 Å². The van der Waals surface area contributed by atoms with E-state index in [0.717, 1.165) is 5.56 Å². The van der Waals surface area contributed by atoms with Gasteiger partial charge in [0, 0.05) is 12.7 Å². The third-order valence-corrected chi connectivity index (χ3v) is 6.04. The van der Waals surface area contributed by atoms with E-state index >= 15 is 0 Å². The van der Waals surface area contributed by atoms with Gasteiger partial charge in [-0.05, 0) is 43.2 Å². The molecule has 0 radical (unpaired) electrons. The lowest BCUT2D eigenvalue weighted by Crippen LogP contribution is -2.31. The van der Waals surface area contributed by atoms with Crippen molar-refractivity contribution in [1.29, 1.82) is 0 Å². The van der Waals surface area contributed by atoms with Crippen LogP contribution in [0.3, 0.4) is 0 Å². The van der Waals surface area contributed by atoms with E-state index in [9.17, 15) is 9.59 Å². The number of nitrogens with zero attached hydrogens (tertiary/aromatic N) is 3. The van der Waals surface area contributed by atoms with E-state index in [-0.39, 0.29) is 28.8 Å². The Morgan fingerprint density at radius 1 is 1.16 bits per heavy atom. The fourth-order valence-electron chi connectivity index (χ4n) is 3.16. The summed E-state index contributed by atoms with van der Waals surface area (Å²) in [4.78, 5) is 32.7. The van der Waals surface area contributed by atoms with Crippen molar-refractivity contribution in [1.82, 2.24) is 14.3 Å². The Morgan fingerprint density at radius 2 is 1.90 bits per heavy atom. The van der Waals surface area contributed by atoms with Gasteiger partial charge in [-0.3, -0.25) is 18.9 Å². The van der Waals surface area contributed by atoms with E-state index in [1.54, 1.807) is 29.3 Å². The number of thioether (sulfide) groups is 1. The number of hydrogen-bond donors (Lipinski definition) is 0. The van der Waals surface area contributed by atoms with Crippen molar-refractivity contribution in [2.24, 2.45) is 5.92 Å². The number of carbonyl (C=O) groups excluding carboxylic acids is 1. The summed E-state index contributed by atoms with van der Waals surface area (Å²) < 4.78 is 7.90. The Morgan fingerprint density at radius 3 is 2.61 bits per heavy atom. The Balaban J connectivity index is 1.82. The van der Waals surface area contributed by atoms with Gasteiger partial charge < -0.3 is 4.74 Å². The maximum Gasteiger partial charge on any atom is 0.269 e. The molecule has 0 unspecified atom stereocenters. The third-order valence-electron chi connectivity index (χ3n) is 4.67. The summed E-state index contributed by atoms with van der Waals surface area (Å²) in [5.41, 5.74) is 1.43. The van der Waals surface area contributed by atoms with Gasteiger partial charge in [0.2, 0.25) is 5.88 Å². The Labute approximate surface area is 189 Å². The van der Waals surface area contributed by atoms with Crippen molar-refractivity contribution in [3.63, 3.8) is 0 Å². The molecule has 1 amide bonds. The van der Waals surface area contributed by atoms with Crippen molar-refractivity contribution < 1.29 is 9.53 Å². The molecule has 31 heavy (non-hydrogen) atoms. The van der Waals surface area contributed by atoms with Crippen LogP contribution in [0.25, 0.3) is 11.7 Å². The predicted octanol–water partition coefficient (Wildman–Crippen LogP) is 4.65. The second-order valence-electron chi connectivity index (χ2n) is 7.67. The molecule has 4 rings (SSSR count). The second-order valence-corrected chi connectivity index (χ2v) is 9.34. The minimum Gasteiger partial charge on any atom is -0.438 e. The summed E-state index contributed by atoms with van der Waals surface area (Å²) >= 11 is 6.57. The second kappa shape index (κ2) is 8.64. The van der Waals surface area contributed by atoms with Gasteiger partial charge in [0.05, 0.1) is 4.91 Å². The first-order chi connectivity index (χ1) is 14.8. The van der Waals surface area contributed by atoms with E-state index in [0.29, 0.717) is 27.2 Å². The van der Waals surface area contributed by atoms with Crippen molar-refractivity contribution in [3.05, 3.63) is 75.0 Å². The van der Waals surface area contributed by atoms with Gasteiger partial charge in [-0.15, -0.1) is 0 Å². The van der Waals surface area contributed by atoms with Crippen LogP contribution < -0.4 is 10.3 Å². The standard InChI is InChI=1S/C23H21N3O3S2/c1-14(2)13-26-22(28)18(31-23(26)30)12-17-20(29-16-9-7-15(3)8-10-16)24-19-6-4-5-11-25(19)21(17)27/h4-12,14H,13H2,1-3H3/b18-12-. The average molecular weight is 452 g/mol. The lowest BCUT2D eigenvalue weighted by molar-refractivity contribution is -0.122. The van der Waals surface area contributed by atoms with Crippen molar-refractivity contribution in [3.8, 4) is 11.6 Å². The molecular weight excluding hydrogens is 430 g/mol. The Kier molecular flexibility index (Phi) is 5.93. The molecule has 3 aromatic rings. The molecule has 1 saturated heterocycles. The minimum absolute atomic E-state index is 0.147. The summed E-state index contributed by atoms with van der Waals surface area (Å²) in [5, 5.41) is 0. The molecule has 1 aliphatic heterocycles. The topological polar surface area (TPSA) is 63.9 Å². The van der Waals surface area contributed by atoms with Crippen LogP contribution in [-0.2, 0) is 4.79 Å². The minimum atomic E-state index is -0.318. The van der Waals surface area contributed by atoms with Crippen LogP contribution in [0.5, 0.6) is 11.6 Å². The largest absolute Gasteiger partial charge is 0.438 e. The highest BCUT2D eigenvalue weighted by Crippen LogP contribution is 2.34. The number of pyridine rings is 1. The Hall–Kier alpha value is -2.97. The highest BCUT2D eigenvalue weighted by atomic mass is 32.2. The number of fused-ring (bicyclic) bond motifs is 1. The quantitative estimate of drug-likeness (QED) is 0.416. The lowest BCUT2D eigenvalue weighted by atomic mass is 10.2. The predicted molar refractivity (Wildman–Crippen MR) is 127 cm³/mol. The van der Waals surface area contributed by atoms with E-state index in [1.807, 2.05) is 45.0 Å². The zero-order valence-corrected chi connectivity index (χ0v) is 19.0. The van der Waals surface area contributed by atoms with Gasteiger partial charge in [0.1, 0.15) is 21.3 Å². The molecule has 158 valence electrons. The molecule has 3 heterocycles.